The normalized spacial score (nSPS) is 10.4. The second-order valence-electron chi connectivity index (χ2n) is 6.33. The van der Waals surface area contributed by atoms with E-state index in [9.17, 15) is 14.4 Å². The van der Waals surface area contributed by atoms with Crippen molar-refractivity contribution in [3.8, 4) is 17.2 Å². The molecule has 3 rings (SSSR count). The molecule has 0 spiro atoms. The number of ether oxygens (including phenoxy) is 4. The minimum Gasteiger partial charge on any atom is -0.493 e. The van der Waals surface area contributed by atoms with Gasteiger partial charge in [0.15, 0.2) is 17.2 Å². The molecule has 0 aliphatic heterocycles. The number of carbonyl (C=O) groups is 2. The number of fused-ring (bicyclic) bond motifs is 1. The van der Waals surface area contributed by atoms with Gasteiger partial charge in [0.25, 0.3) is 5.91 Å². The van der Waals surface area contributed by atoms with Crippen LogP contribution in [0.1, 0.15) is 17.3 Å². The summed E-state index contributed by atoms with van der Waals surface area (Å²) >= 11 is 0. The highest BCUT2D eigenvalue weighted by atomic mass is 16.7. The largest absolute Gasteiger partial charge is 0.514 e. The summed E-state index contributed by atoms with van der Waals surface area (Å²) < 4.78 is 25.7. The first kappa shape index (κ1) is 22.5. The van der Waals surface area contributed by atoms with Gasteiger partial charge in [-0.2, -0.15) is 0 Å². The van der Waals surface area contributed by atoms with Crippen LogP contribution in [-0.4, -0.2) is 39.9 Å². The Hall–Kier alpha value is -4.21. The molecule has 0 aliphatic rings. The van der Waals surface area contributed by atoms with Gasteiger partial charge in [0.1, 0.15) is 5.58 Å². The molecule has 0 bridgehead atoms. The maximum absolute atomic E-state index is 13.0. The monoisotopic (exact) mass is 442 g/mol. The summed E-state index contributed by atoms with van der Waals surface area (Å²) in [5, 5.41) is 6.12. The molecule has 0 saturated heterocycles. The zero-order valence-corrected chi connectivity index (χ0v) is 17.9. The van der Waals surface area contributed by atoms with E-state index in [0.29, 0.717) is 16.7 Å². The van der Waals surface area contributed by atoms with Gasteiger partial charge in [-0.25, -0.2) is 9.59 Å². The van der Waals surface area contributed by atoms with Crippen LogP contribution in [0.25, 0.3) is 11.0 Å². The number of rotatable bonds is 7. The van der Waals surface area contributed by atoms with E-state index >= 15 is 0 Å². The Balaban J connectivity index is 2.01. The molecule has 10 heteroatoms. The molecule has 0 atom stereocenters. The number of benzene rings is 2. The van der Waals surface area contributed by atoms with Gasteiger partial charge < -0.3 is 34.0 Å². The molecule has 0 fully saturated rings. The minimum absolute atomic E-state index is 0.0499. The molecule has 2 N–H and O–H groups in total. The van der Waals surface area contributed by atoms with E-state index in [2.05, 4.69) is 10.6 Å². The summed E-state index contributed by atoms with van der Waals surface area (Å²) in [6.45, 7) is 1.75. The van der Waals surface area contributed by atoms with E-state index < -0.39 is 17.7 Å². The predicted octanol–water partition coefficient (Wildman–Crippen LogP) is 3.64. The quantitative estimate of drug-likeness (QED) is 0.320. The number of hydrogen-bond acceptors (Lipinski definition) is 9. The molecule has 1 aromatic heterocycles. The summed E-state index contributed by atoms with van der Waals surface area (Å²) in [6.07, 6.45) is -0.950. The number of nitrogens with one attached hydrogen (secondary N) is 2. The lowest BCUT2D eigenvalue weighted by molar-refractivity contribution is 0.102. The summed E-state index contributed by atoms with van der Waals surface area (Å²) in [4.78, 5) is 37.2. The maximum Gasteiger partial charge on any atom is 0.514 e. The third kappa shape index (κ3) is 4.43. The molecule has 3 aromatic rings. The molecule has 0 radical (unpaired) electrons. The van der Waals surface area contributed by atoms with Crippen LogP contribution in [0.4, 0.5) is 16.2 Å². The van der Waals surface area contributed by atoms with Crippen LogP contribution in [-0.2, 0) is 4.74 Å². The molecule has 0 unspecified atom stereocenters. The van der Waals surface area contributed by atoms with E-state index in [-0.39, 0.29) is 35.1 Å². The highest BCUT2D eigenvalue weighted by Gasteiger charge is 2.23. The number of amides is 1. The van der Waals surface area contributed by atoms with Crippen LogP contribution in [0, 0.1) is 0 Å². The second-order valence-corrected chi connectivity index (χ2v) is 6.33. The van der Waals surface area contributed by atoms with Crippen LogP contribution in [0.2, 0.25) is 0 Å². The number of para-hydroxylation sites is 1. The Morgan fingerprint density at radius 1 is 1.03 bits per heavy atom. The molecule has 2 aromatic carbocycles. The Kier molecular flexibility index (Phi) is 6.83. The van der Waals surface area contributed by atoms with Crippen molar-refractivity contribution in [3.63, 3.8) is 0 Å². The van der Waals surface area contributed by atoms with Crippen LogP contribution in [0.15, 0.2) is 45.6 Å². The number of methoxy groups -OCH3 is 2. The van der Waals surface area contributed by atoms with Gasteiger partial charge in [-0.1, -0.05) is 12.1 Å². The van der Waals surface area contributed by atoms with Crippen LogP contribution >= 0.6 is 0 Å². The van der Waals surface area contributed by atoms with Gasteiger partial charge >= 0.3 is 11.8 Å². The average Bonchev–Trinajstić information content (AvgIpc) is 2.79. The number of anilines is 2. The minimum atomic E-state index is -0.950. The second kappa shape index (κ2) is 9.73. The standard InChI is InChI=1S/C22H22N2O8/c1-5-30-22(27)32-19-15(28-3)10-12(11-16(19)29-4)20(25)24-18-17(23-2)13-8-6-7-9-14(13)31-21(18)26/h6-11,23H,5H2,1-4H3,(H,24,25). The topological polar surface area (TPSA) is 125 Å². The Morgan fingerprint density at radius 2 is 1.69 bits per heavy atom. The first-order valence-electron chi connectivity index (χ1n) is 9.59. The predicted molar refractivity (Wildman–Crippen MR) is 117 cm³/mol. The first-order chi connectivity index (χ1) is 15.4. The van der Waals surface area contributed by atoms with Crippen molar-refractivity contribution in [2.24, 2.45) is 0 Å². The Labute approximate surface area is 183 Å². The van der Waals surface area contributed by atoms with Crippen molar-refractivity contribution in [2.45, 2.75) is 6.92 Å². The van der Waals surface area contributed by atoms with Gasteiger partial charge in [0.2, 0.25) is 5.75 Å². The van der Waals surface area contributed by atoms with Crippen LogP contribution < -0.4 is 30.5 Å². The van der Waals surface area contributed by atoms with Crippen molar-refractivity contribution in [3.05, 3.63) is 52.4 Å². The fourth-order valence-corrected chi connectivity index (χ4v) is 3.05. The Bertz CT molecular complexity index is 1190. The fraction of sp³-hybridized carbons (Fsp3) is 0.227. The maximum atomic E-state index is 13.0. The SMILES string of the molecule is CCOC(=O)Oc1c(OC)cc(C(=O)Nc2c(NC)c3ccccc3oc2=O)cc1OC. The summed E-state index contributed by atoms with van der Waals surface area (Å²) in [5.74, 6) is -0.571. The van der Waals surface area contributed by atoms with Crippen molar-refractivity contribution in [2.75, 3.05) is 38.5 Å². The molecule has 32 heavy (non-hydrogen) atoms. The van der Waals surface area contributed by atoms with Gasteiger partial charge in [-0.05, 0) is 31.2 Å². The zero-order chi connectivity index (χ0) is 23.3. The lowest BCUT2D eigenvalue weighted by Gasteiger charge is -2.15. The third-order valence-corrected chi connectivity index (χ3v) is 4.47. The van der Waals surface area contributed by atoms with Crippen LogP contribution in [0.3, 0.4) is 0 Å². The van der Waals surface area contributed by atoms with Gasteiger partial charge in [0, 0.05) is 18.0 Å². The molecular formula is C22H22N2O8. The van der Waals surface area contributed by atoms with E-state index in [1.807, 2.05) is 0 Å². The third-order valence-electron chi connectivity index (χ3n) is 4.47. The van der Waals surface area contributed by atoms with E-state index in [4.69, 9.17) is 23.4 Å². The van der Waals surface area contributed by atoms with E-state index in [1.54, 1.807) is 38.2 Å². The van der Waals surface area contributed by atoms with Crippen molar-refractivity contribution in [1.82, 2.24) is 0 Å². The van der Waals surface area contributed by atoms with Crippen molar-refractivity contribution >= 4 is 34.4 Å². The number of hydrogen-bond donors (Lipinski definition) is 2. The van der Waals surface area contributed by atoms with E-state index in [0.717, 1.165) is 0 Å². The first-order valence-corrected chi connectivity index (χ1v) is 9.59. The smallest absolute Gasteiger partial charge is 0.493 e. The molecule has 10 nitrogen and oxygen atoms in total. The summed E-state index contributed by atoms with van der Waals surface area (Å²) in [7, 11) is 4.31. The molecule has 1 amide bonds. The van der Waals surface area contributed by atoms with Gasteiger partial charge in [0.05, 0.1) is 26.5 Å². The molecule has 0 aliphatic carbocycles. The van der Waals surface area contributed by atoms with Gasteiger partial charge in [-0.3, -0.25) is 4.79 Å². The molecule has 1 heterocycles. The fourth-order valence-electron chi connectivity index (χ4n) is 3.05. The highest BCUT2D eigenvalue weighted by Crippen LogP contribution is 2.39. The summed E-state index contributed by atoms with van der Waals surface area (Å²) in [5.41, 5.74) is 0.100. The Morgan fingerprint density at radius 3 is 2.28 bits per heavy atom. The van der Waals surface area contributed by atoms with Crippen LogP contribution in [0.5, 0.6) is 17.2 Å². The average molecular weight is 442 g/mol. The number of carbonyl (C=O) groups excluding carboxylic acids is 2. The molecule has 168 valence electrons. The lowest BCUT2D eigenvalue weighted by atomic mass is 10.1. The van der Waals surface area contributed by atoms with Crippen molar-refractivity contribution < 1.29 is 33.0 Å². The lowest BCUT2D eigenvalue weighted by Crippen LogP contribution is -2.20. The zero-order valence-electron chi connectivity index (χ0n) is 17.9. The van der Waals surface area contributed by atoms with Crippen molar-refractivity contribution in [1.29, 1.82) is 0 Å². The highest BCUT2D eigenvalue weighted by molar-refractivity contribution is 6.09. The summed E-state index contributed by atoms with van der Waals surface area (Å²) in [6, 6.07) is 9.62. The van der Waals surface area contributed by atoms with Gasteiger partial charge in [-0.15, -0.1) is 0 Å². The molecule has 0 saturated carbocycles. The van der Waals surface area contributed by atoms with E-state index in [1.165, 1.54) is 26.4 Å². The molecular weight excluding hydrogens is 420 g/mol.